The van der Waals surface area contributed by atoms with Gasteiger partial charge in [-0.1, -0.05) is 45.9 Å². The third kappa shape index (κ3) is 4.79. The highest BCUT2D eigenvalue weighted by Gasteiger charge is 2.32. The number of hydrogen-bond acceptors (Lipinski definition) is 2. The third-order valence-corrected chi connectivity index (χ3v) is 4.17. The molecule has 2 nitrogen and oxygen atoms in total. The van der Waals surface area contributed by atoms with Gasteiger partial charge >= 0.3 is 6.18 Å². The van der Waals surface area contributed by atoms with Crippen molar-refractivity contribution < 1.29 is 23.0 Å². The standard InChI is InChI=1S/C19H21F3O2.C2H6/c1-11(2)14-9-8-13(19(20,21)22)10-16(14)18(23)15-6-5-7-17(24-4)12(15)3;1-2/h5-11,18,23H,1-4H3;1-2H3. The van der Waals surface area contributed by atoms with Crippen molar-refractivity contribution >= 4 is 0 Å². The van der Waals surface area contributed by atoms with Gasteiger partial charge in [0.05, 0.1) is 12.7 Å². The molecule has 1 N–H and O–H groups in total. The summed E-state index contributed by atoms with van der Waals surface area (Å²) in [6, 6.07) is 8.71. The summed E-state index contributed by atoms with van der Waals surface area (Å²) < 4.78 is 44.4. The van der Waals surface area contributed by atoms with E-state index in [2.05, 4.69) is 0 Å². The molecule has 0 amide bonds. The first-order valence-corrected chi connectivity index (χ1v) is 8.69. The maximum Gasteiger partial charge on any atom is 0.416 e. The minimum Gasteiger partial charge on any atom is -0.496 e. The minimum atomic E-state index is -4.45. The molecule has 5 heteroatoms. The number of methoxy groups -OCH3 is 1. The lowest BCUT2D eigenvalue weighted by atomic mass is 9.88. The van der Waals surface area contributed by atoms with Gasteiger partial charge in [-0.25, -0.2) is 0 Å². The fourth-order valence-corrected chi connectivity index (χ4v) is 2.83. The highest BCUT2D eigenvalue weighted by atomic mass is 19.4. The average molecular weight is 368 g/mol. The Balaban J connectivity index is 0.00000163. The number of halogens is 3. The Kier molecular flexibility index (Phi) is 7.69. The second-order valence-corrected chi connectivity index (χ2v) is 6.07. The van der Waals surface area contributed by atoms with E-state index in [0.29, 0.717) is 22.4 Å². The Hall–Kier alpha value is -2.01. The maximum absolute atomic E-state index is 13.1. The van der Waals surface area contributed by atoms with Crippen LogP contribution in [-0.2, 0) is 6.18 Å². The van der Waals surface area contributed by atoms with Crippen molar-refractivity contribution in [2.24, 2.45) is 0 Å². The molecule has 2 aromatic carbocycles. The Morgan fingerprint density at radius 3 is 2.08 bits per heavy atom. The Morgan fingerprint density at radius 2 is 1.58 bits per heavy atom. The first-order valence-electron chi connectivity index (χ1n) is 8.69. The van der Waals surface area contributed by atoms with Crippen molar-refractivity contribution in [2.75, 3.05) is 7.11 Å². The zero-order valence-corrected chi connectivity index (χ0v) is 16.1. The Morgan fingerprint density at radius 1 is 0.962 bits per heavy atom. The average Bonchev–Trinajstić information content (AvgIpc) is 2.61. The van der Waals surface area contributed by atoms with E-state index in [9.17, 15) is 18.3 Å². The Labute approximate surface area is 153 Å². The molecule has 2 rings (SSSR count). The molecule has 0 aliphatic rings. The molecule has 0 heterocycles. The van der Waals surface area contributed by atoms with Crippen LogP contribution in [0, 0.1) is 6.92 Å². The second kappa shape index (κ2) is 9.08. The van der Waals surface area contributed by atoms with Gasteiger partial charge in [0.2, 0.25) is 0 Å². The van der Waals surface area contributed by atoms with Gasteiger partial charge in [0.1, 0.15) is 11.9 Å². The molecule has 0 aliphatic heterocycles. The number of rotatable bonds is 4. The van der Waals surface area contributed by atoms with Crippen LogP contribution in [-0.4, -0.2) is 12.2 Å². The van der Waals surface area contributed by atoms with Crippen LogP contribution in [0.5, 0.6) is 5.75 Å². The van der Waals surface area contributed by atoms with Gasteiger partial charge in [0, 0.05) is 0 Å². The van der Waals surface area contributed by atoms with E-state index in [1.165, 1.54) is 13.2 Å². The second-order valence-electron chi connectivity index (χ2n) is 6.07. The molecule has 0 aromatic heterocycles. The molecule has 0 saturated heterocycles. The van der Waals surface area contributed by atoms with Gasteiger partial charge in [-0.3, -0.25) is 0 Å². The van der Waals surface area contributed by atoms with Crippen LogP contribution in [0.1, 0.15) is 67.5 Å². The SMILES string of the molecule is CC.COc1cccc(C(O)c2cc(C(F)(F)F)ccc2C(C)C)c1C. The first-order chi connectivity index (χ1) is 12.2. The largest absolute Gasteiger partial charge is 0.496 e. The van der Waals surface area contributed by atoms with Crippen LogP contribution >= 0.6 is 0 Å². The number of aliphatic hydroxyl groups excluding tert-OH is 1. The van der Waals surface area contributed by atoms with Crippen LogP contribution in [0.3, 0.4) is 0 Å². The number of aliphatic hydroxyl groups is 1. The van der Waals surface area contributed by atoms with Crippen LogP contribution in [0.2, 0.25) is 0 Å². The van der Waals surface area contributed by atoms with E-state index in [-0.39, 0.29) is 11.5 Å². The van der Waals surface area contributed by atoms with E-state index in [4.69, 9.17) is 4.74 Å². The highest BCUT2D eigenvalue weighted by Crippen LogP contribution is 2.37. The molecule has 0 spiro atoms. The summed E-state index contributed by atoms with van der Waals surface area (Å²) in [7, 11) is 1.52. The fraction of sp³-hybridized carbons (Fsp3) is 0.429. The van der Waals surface area contributed by atoms with E-state index in [1.54, 1.807) is 25.1 Å². The first kappa shape index (κ1) is 22.0. The summed E-state index contributed by atoms with van der Waals surface area (Å²) in [6.45, 7) is 9.55. The van der Waals surface area contributed by atoms with Crippen LogP contribution in [0.15, 0.2) is 36.4 Å². The molecule has 0 bridgehead atoms. The zero-order valence-electron chi connectivity index (χ0n) is 16.1. The monoisotopic (exact) mass is 368 g/mol. The van der Waals surface area contributed by atoms with Gasteiger partial charge in [0.25, 0.3) is 0 Å². The van der Waals surface area contributed by atoms with Crippen molar-refractivity contribution in [2.45, 2.75) is 52.8 Å². The number of alkyl halides is 3. The predicted molar refractivity (Wildman–Crippen MR) is 98.7 cm³/mol. The summed E-state index contributed by atoms with van der Waals surface area (Å²) in [5, 5.41) is 10.8. The summed E-state index contributed by atoms with van der Waals surface area (Å²) in [5.74, 6) is 0.576. The van der Waals surface area contributed by atoms with Crippen molar-refractivity contribution in [1.82, 2.24) is 0 Å². The lowest BCUT2D eigenvalue weighted by molar-refractivity contribution is -0.137. The lowest BCUT2D eigenvalue weighted by Gasteiger charge is -2.22. The molecule has 0 aliphatic carbocycles. The van der Waals surface area contributed by atoms with Crippen LogP contribution < -0.4 is 4.74 Å². The highest BCUT2D eigenvalue weighted by molar-refractivity contribution is 5.47. The summed E-state index contributed by atoms with van der Waals surface area (Å²) in [5.41, 5.74) is 1.45. The number of ether oxygens (including phenoxy) is 1. The van der Waals surface area contributed by atoms with Gasteiger partial charge in [0.15, 0.2) is 0 Å². The van der Waals surface area contributed by atoms with E-state index < -0.39 is 17.8 Å². The molecule has 144 valence electrons. The summed E-state index contributed by atoms with van der Waals surface area (Å²) in [4.78, 5) is 0. The Bertz CT molecular complexity index is 722. The molecule has 26 heavy (non-hydrogen) atoms. The van der Waals surface area contributed by atoms with E-state index in [1.807, 2.05) is 27.7 Å². The number of benzene rings is 2. The van der Waals surface area contributed by atoms with Crippen LogP contribution in [0.25, 0.3) is 0 Å². The quantitative estimate of drug-likeness (QED) is 0.691. The van der Waals surface area contributed by atoms with Gasteiger partial charge in [-0.2, -0.15) is 13.2 Å². The third-order valence-electron chi connectivity index (χ3n) is 4.17. The zero-order chi connectivity index (χ0) is 20.1. The fourth-order valence-electron chi connectivity index (χ4n) is 2.83. The molecule has 2 aromatic rings. The topological polar surface area (TPSA) is 29.5 Å². The van der Waals surface area contributed by atoms with Crippen LogP contribution in [0.4, 0.5) is 13.2 Å². The molecule has 0 radical (unpaired) electrons. The van der Waals surface area contributed by atoms with Crippen molar-refractivity contribution in [3.05, 3.63) is 64.2 Å². The lowest BCUT2D eigenvalue weighted by Crippen LogP contribution is -2.11. The number of hydrogen-bond donors (Lipinski definition) is 1. The normalized spacial score (nSPS) is 12.4. The summed E-state index contributed by atoms with van der Waals surface area (Å²) >= 11 is 0. The molecule has 1 atom stereocenters. The van der Waals surface area contributed by atoms with E-state index >= 15 is 0 Å². The van der Waals surface area contributed by atoms with E-state index in [0.717, 1.165) is 12.1 Å². The van der Waals surface area contributed by atoms with Crippen molar-refractivity contribution in [1.29, 1.82) is 0 Å². The van der Waals surface area contributed by atoms with Gasteiger partial charge in [-0.05, 0) is 53.3 Å². The smallest absolute Gasteiger partial charge is 0.416 e. The summed E-state index contributed by atoms with van der Waals surface area (Å²) in [6.07, 6.45) is -5.60. The molecule has 0 fully saturated rings. The molecule has 0 saturated carbocycles. The molecule has 1 unspecified atom stereocenters. The minimum absolute atomic E-state index is 0.0113. The maximum atomic E-state index is 13.1. The van der Waals surface area contributed by atoms with Gasteiger partial charge in [-0.15, -0.1) is 0 Å². The van der Waals surface area contributed by atoms with Crippen molar-refractivity contribution in [3.63, 3.8) is 0 Å². The molecular weight excluding hydrogens is 341 g/mol. The molecular formula is C21H27F3O2. The van der Waals surface area contributed by atoms with Gasteiger partial charge < -0.3 is 9.84 Å². The van der Waals surface area contributed by atoms with Crippen molar-refractivity contribution in [3.8, 4) is 5.75 Å². The predicted octanol–water partition coefficient (Wildman–Crippen LogP) is 6.25.